The van der Waals surface area contributed by atoms with Gasteiger partial charge in [0.2, 0.25) is 0 Å². The van der Waals surface area contributed by atoms with Crippen LogP contribution in [0.1, 0.15) is 5.56 Å². The van der Waals surface area contributed by atoms with Crippen LogP contribution in [0.15, 0.2) is 18.2 Å². The van der Waals surface area contributed by atoms with Gasteiger partial charge in [-0.15, -0.1) is 0 Å². The molecule has 0 heterocycles. The summed E-state index contributed by atoms with van der Waals surface area (Å²) in [6.45, 7) is 0.341. The molecule has 1 aromatic carbocycles. The van der Waals surface area contributed by atoms with E-state index in [2.05, 4.69) is 11.8 Å². The maximum atomic E-state index is 5.58. The van der Waals surface area contributed by atoms with Gasteiger partial charge < -0.3 is 16.2 Å². The maximum absolute atomic E-state index is 5.58. The minimum atomic E-state index is 0.341. The van der Waals surface area contributed by atoms with Crippen LogP contribution in [0.3, 0.4) is 0 Å². The second-order valence-corrected chi connectivity index (χ2v) is 2.47. The Morgan fingerprint density at radius 1 is 1.46 bits per heavy atom. The molecule has 0 unspecified atom stereocenters. The predicted octanol–water partition coefficient (Wildman–Crippen LogP) is 0.588. The number of nitrogen functional groups attached to an aromatic ring is 1. The molecule has 0 bridgehead atoms. The predicted molar refractivity (Wildman–Crippen MR) is 53.3 cm³/mol. The van der Waals surface area contributed by atoms with Gasteiger partial charge in [0, 0.05) is 11.8 Å². The fourth-order valence-corrected chi connectivity index (χ4v) is 0.957. The van der Waals surface area contributed by atoms with Crippen molar-refractivity contribution in [2.24, 2.45) is 5.73 Å². The molecule has 0 atom stereocenters. The quantitative estimate of drug-likeness (QED) is 0.486. The number of anilines is 1. The number of methoxy groups -OCH3 is 1. The number of nitrogens with two attached hydrogens (primary N) is 2. The number of ether oxygens (including phenoxy) is 1. The highest BCUT2D eigenvalue weighted by molar-refractivity contribution is 5.54. The van der Waals surface area contributed by atoms with Gasteiger partial charge >= 0.3 is 0 Å². The molecule has 4 N–H and O–H groups in total. The summed E-state index contributed by atoms with van der Waals surface area (Å²) in [7, 11) is 1.59. The second kappa shape index (κ2) is 4.39. The van der Waals surface area contributed by atoms with Gasteiger partial charge in [0.05, 0.1) is 19.2 Å². The normalized spacial score (nSPS) is 8.77. The highest BCUT2D eigenvalue weighted by Crippen LogP contribution is 2.19. The van der Waals surface area contributed by atoms with E-state index < -0.39 is 0 Å². The number of hydrogen-bond donors (Lipinski definition) is 2. The van der Waals surface area contributed by atoms with Gasteiger partial charge in [0.25, 0.3) is 0 Å². The van der Waals surface area contributed by atoms with E-state index in [9.17, 15) is 0 Å². The van der Waals surface area contributed by atoms with E-state index in [1.807, 2.05) is 6.07 Å². The Morgan fingerprint density at radius 3 is 2.85 bits per heavy atom. The molecule has 13 heavy (non-hydrogen) atoms. The van der Waals surface area contributed by atoms with Crippen LogP contribution in [0.25, 0.3) is 0 Å². The lowest BCUT2D eigenvalue weighted by Crippen LogP contribution is -1.94. The van der Waals surface area contributed by atoms with E-state index in [1.165, 1.54) is 0 Å². The summed E-state index contributed by atoms with van der Waals surface area (Å²) in [5.41, 5.74) is 12.3. The van der Waals surface area contributed by atoms with Gasteiger partial charge in [-0.1, -0.05) is 11.8 Å². The SMILES string of the molecule is COc1cc(N)ccc1C#CCN. The first kappa shape index (κ1) is 9.43. The lowest BCUT2D eigenvalue weighted by molar-refractivity contribution is 0.414. The van der Waals surface area contributed by atoms with Gasteiger partial charge in [-0.3, -0.25) is 0 Å². The summed E-state index contributed by atoms with van der Waals surface area (Å²) >= 11 is 0. The summed E-state index contributed by atoms with van der Waals surface area (Å²) < 4.78 is 5.10. The minimum absolute atomic E-state index is 0.341. The molecule has 1 rings (SSSR count). The molecule has 0 saturated heterocycles. The van der Waals surface area contributed by atoms with Crippen LogP contribution in [-0.2, 0) is 0 Å². The van der Waals surface area contributed by atoms with Crippen molar-refractivity contribution in [3.63, 3.8) is 0 Å². The molecular formula is C10H12N2O. The first-order valence-electron chi connectivity index (χ1n) is 3.90. The molecule has 68 valence electrons. The molecule has 0 fully saturated rings. The van der Waals surface area contributed by atoms with Crippen LogP contribution in [0.4, 0.5) is 5.69 Å². The maximum Gasteiger partial charge on any atom is 0.136 e. The topological polar surface area (TPSA) is 61.3 Å². The molecule has 3 heteroatoms. The summed E-state index contributed by atoms with van der Waals surface area (Å²) in [6, 6.07) is 5.33. The standard InChI is InChI=1S/C10H12N2O/c1-13-10-7-9(12)5-4-8(10)3-2-6-11/h4-5,7H,6,11-12H2,1H3. The van der Waals surface area contributed by atoms with E-state index >= 15 is 0 Å². The molecule has 0 radical (unpaired) electrons. The Kier molecular flexibility index (Phi) is 3.18. The third-order valence-corrected chi connectivity index (χ3v) is 1.55. The van der Waals surface area contributed by atoms with Crippen LogP contribution in [0.2, 0.25) is 0 Å². The Balaban J connectivity index is 3.06. The fraction of sp³-hybridized carbons (Fsp3) is 0.200. The Hall–Kier alpha value is -1.66. The Bertz CT molecular complexity index is 350. The van der Waals surface area contributed by atoms with Crippen molar-refractivity contribution in [2.45, 2.75) is 0 Å². The van der Waals surface area contributed by atoms with Crippen molar-refractivity contribution in [2.75, 3.05) is 19.4 Å². The first-order valence-corrected chi connectivity index (χ1v) is 3.90. The van der Waals surface area contributed by atoms with Crippen molar-refractivity contribution < 1.29 is 4.74 Å². The lowest BCUT2D eigenvalue weighted by Gasteiger charge is -2.03. The highest BCUT2D eigenvalue weighted by atomic mass is 16.5. The van der Waals surface area contributed by atoms with Crippen LogP contribution >= 0.6 is 0 Å². The molecule has 0 amide bonds. The van der Waals surface area contributed by atoms with Gasteiger partial charge in [-0.2, -0.15) is 0 Å². The van der Waals surface area contributed by atoms with Crippen molar-refractivity contribution in [1.82, 2.24) is 0 Å². The number of rotatable bonds is 1. The summed E-state index contributed by atoms with van der Waals surface area (Å²) in [5.74, 6) is 6.33. The molecule has 0 saturated carbocycles. The molecule has 0 aliphatic carbocycles. The molecule has 1 aromatic rings. The first-order chi connectivity index (χ1) is 6.27. The largest absolute Gasteiger partial charge is 0.495 e. The minimum Gasteiger partial charge on any atom is -0.495 e. The third kappa shape index (κ3) is 2.39. The molecule has 0 aromatic heterocycles. The summed E-state index contributed by atoms with van der Waals surface area (Å²) in [6.07, 6.45) is 0. The molecular weight excluding hydrogens is 164 g/mol. The van der Waals surface area contributed by atoms with E-state index in [-0.39, 0.29) is 0 Å². The van der Waals surface area contributed by atoms with Crippen LogP contribution in [-0.4, -0.2) is 13.7 Å². The zero-order valence-electron chi connectivity index (χ0n) is 7.50. The van der Waals surface area contributed by atoms with Crippen LogP contribution in [0.5, 0.6) is 5.75 Å². The molecule has 0 spiro atoms. The zero-order valence-corrected chi connectivity index (χ0v) is 7.50. The summed E-state index contributed by atoms with van der Waals surface area (Å²) in [4.78, 5) is 0. The zero-order chi connectivity index (χ0) is 9.68. The Labute approximate surface area is 77.7 Å². The molecule has 0 aliphatic heterocycles. The van der Waals surface area contributed by atoms with Crippen LogP contribution in [0, 0.1) is 11.8 Å². The average molecular weight is 176 g/mol. The number of benzene rings is 1. The third-order valence-electron chi connectivity index (χ3n) is 1.55. The average Bonchev–Trinajstić information content (AvgIpc) is 2.16. The van der Waals surface area contributed by atoms with Gasteiger partial charge in [-0.25, -0.2) is 0 Å². The van der Waals surface area contributed by atoms with E-state index in [0.29, 0.717) is 18.0 Å². The second-order valence-electron chi connectivity index (χ2n) is 2.47. The Morgan fingerprint density at radius 2 is 2.23 bits per heavy atom. The smallest absolute Gasteiger partial charge is 0.136 e. The van der Waals surface area contributed by atoms with E-state index in [0.717, 1.165) is 5.56 Å². The van der Waals surface area contributed by atoms with Gasteiger partial charge in [-0.05, 0) is 12.1 Å². The van der Waals surface area contributed by atoms with E-state index in [1.54, 1.807) is 19.2 Å². The molecule has 0 aliphatic rings. The highest BCUT2D eigenvalue weighted by Gasteiger charge is 1.98. The van der Waals surface area contributed by atoms with Crippen molar-refractivity contribution >= 4 is 5.69 Å². The number of hydrogen-bond acceptors (Lipinski definition) is 3. The summed E-state index contributed by atoms with van der Waals surface area (Å²) in [5, 5.41) is 0. The van der Waals surface area contributed by atoms with Crippen molar-refractivity contribution in [1.29, 1.82) is 0 Å². The fourth-order valence-electron chi connectivity index (χ4n) is 0.957. The van der Waals surface area contributed by atoms with Gasteiger partial charge in [0.15, 0.2) is 0 Å². The van der Waals surface area contributed by atoms with E-state index in [4.69, 9.17) is 16.2 Å². The van der Waals surface area contributed by atoms with Crippen molar-refractivity contribution in [3.05, 3.63) is 23.8 Å². The lowest BCUT2D eigenvalue weighted by atomic mass is 10.2. The van der Waals surface area contributed by atoms with Crippen molar-refractivity contribution in [3.8, 4) is 17.6 Å². The van der Waals surface area contributed by atoms with Gasteiger partial charge in [0.1, 0.15) is 5.75 Å². The van der Waals surface area contributed by atoms with Crippen LogP contribution < -0.4 is 16.2 Å². The molecule has 3 nitrogen and oxygen atoms in total. The monoisotopic (exact) mass is 176 g/mol.